The van der Waals surface area contributed by atoms with Crippen LogP contribution in [0.3, 0.4) is 0 Å². The van der Waals surface area contributed by atoms with E-state index in [1.165, 1.54) is 0 Å². The maximum atomic E-state index is 11.2. The van der Waals surface area contributed by atoms with Crippen LogP contribution in [0, 0.1) is 0 Å². The molecule has 0 aromatic heterocycles. The molecule has 0 atom stereocenters. The topological polar surface area (TPSA) is 47.7 Å². The Hall–Kier alpha value is -1.84. The van der Waals surface area contributed by atoms with Gasteiger partial charge in [-0.05, 0) is 29.4 Å². The highest BCUT2D eigenvalue weighted by atomic mass is 16.5. The lowest BCUT2D eigenvalue weighted by Crippen LogP contribution is -2.57. The second-order valence-corrected chi connectivity index (χ2v) is 4.21. The summed E-state index contributed by atoms with van der Waals surface area (Å²) < 4.78 is 6.75. The fourth-order valence-electron chi connectivity index (χ4n) is 1.42. The second-order valence-electron chi connectivity index (χ2n) is 4.21. The SMILES string of the molecule is COc1ccc(/C=[N+]2\N=C([O-])C2(C)C)cc1. The molecule has 0 aliphatic carbocycles. The summed E-state index contributed by atoms with van der Waals surface area (Å²) in [7, 11) is 1.63. The van der Waals surface area contributed by atoms with Crippen LogP contribution >= 0.6 is 0 Å². The Morgan fingerprint density at radius 1 is 1.31 bits per heavy atom. The molecule has 4 nitrogen and oxygen atoms in total. The molecule has 0 bridgehead atoms. The van der Waals surface area contributed by atoms with Crippen LogP contribution in [0.1, 0.15) is 19.4 Å². The van der Waals surface area contributed by atoms with E-state index >= 15 is 0 Å². The summed E-state index contributed by atoms with van der Waals surface area (Å²) in [6.45, 7) is 3.70. The summed E-state index contributed by atoms with van der Waals surface area (Å²) in [6.07, 6.45) is 1.85. The predicted octanol–water partition coefficient (Wildman–Crippen LogP) is 0.593. The molecule has 0 amide bonds. The first-order chi connectivity index (χ1) is 7.54. The quantitative estimate of drug-likeness (QED) is 0.682. The van der Waals surface area contributed by atoms with Gasteiger partial charge in [0.15, 0.2) is 0 Å². The van der Waals surface area contributed by atoms with E-state index in [9.17, 15) is 5.11 Å². The average Bonchev–Trinajstić information content (AvgIpc) is 2.29. The van der Waals surface area contributed by atoms with Gasteiger partial charge in [0.25, 0.3) is 0 Å². The van der Waals surface area contributed by atoms with E-state index in [0.29, 0.717) is 0 Å². The third-order valence-electron chi connectivity index (χ3n) is 2.68. The van der Waals surface area contributed by atoms with Crippen LogP contribution < -0.4 is 9.84 Å². The van der Waals surface area contributed by atoms with Gasteiger partial charge in [-0.1, -0.05) is 4.68 Å². The molecule has 1 aliphatic rings. The lowest BCUT2D eigenvalue weighted by atomic mass is 10.0. The van der Waals surface area contributed by atoms with Crippen molar-refractivity contribution in [2.75, 3.05) is 7.11 Å². The van der Waals surface area contributed by atoms with Crippen molar-refractivity contribution in [2.24, 2.45) is 5.10 Å². The van der Waals surface area contributed by atoms with Crippen LogP contribution in [0.25, 0.3) is 0 Å². The van der Waals surface area contributed by atoms with Gasteiger partial charge in [-0.3, -0.25) is 0 Å². The Labute approximate surface area is 94.5 Å². The lowest BCUT2D eigenvalue weighted by molar-refractivity contribution is -0.628. The van der Waals surface area contributed by atoms with Crippen molar-refractivity contribution in [3.05, 3.63) is 29.8 Å². The highest BCUT2D eigenvalue weighted by Gasteiger charge is 2.41. The number of nitrogens with zero attached hydrogens (tertiary/aromatic N) is 2. The third kappa shape index (κ3) is 1.66. The zero-order valence-electron chi connectivity index (χ0n) is 9.60. The van der Waals surface area contributed by atoms with Crippen molar-refractivity contribution < 1.29 is 14.5 Å². The van der Waals surface area contributed by atoms with Gasteiger partial charge in [0, 0.05) is 19.4 Å². The Morgan fingerprint density at radius 2 is 1.94 bits per heavy atom. The van der Waals surface area contributed by atoms with Crippen molar-refractivity contribution in [3.63, 3.8) is 0 Å². The van der Waals surface area contributed by atoms with Crippen LogP contribution in [0.5, 0.6) is 5.75 Å². The molecule has 1 aliphatic heterocycles. The number of benzene rings is 1. The molecule has 84 valence electrons. The van der Waals surface area contributed by atoms with Crippen LogP contribution in [-0.4, -0.2) is 29.4 Å². The zero-order valence-corrected chi connectivity index (χ0v) is 9.60. The minimum absolute atomic E-state index is 0.0859. The van der Waals surface area contributed by atoms with E-state index in [4.69, 9.17) is 4.74 Å². The minimum Gasteiger partial charge on any atom is -0.853 e. The first kappa shape index (κ1) is 10.7. The van der Waals surface area contributed by atoms with E-state index < -0.39 is 5.54 Å². The van der Waals surface area contributed by atoms with E-state index in [-0.39, 0.29) is 5.90 Å². The van der Waals surface area contributed by atoms with Gasteiger partial charge < -0.3 is 9.84 Å². The largest absolute Gasteiger partial charge is 0.853 e. The van der Waals surface area contributed by atoms with Gasteiger partial charge in [-0.25, -0.2) is 0 Å². The van der Waals surface area contributed by atoms with Crippen molar-refractivity contribution in [2.45, 2.75) is 19.4 Å². The van der Waals surface area contributed by atoms with Gasteiger partial charge in [-0.2, -0.15) is 0 Å². The van der Waals surface area contributed by atoms with Gasteiger partial charge >= 0.3 is 0 Å². The predicted molar refractivity (Wildman–Crippen MR) is 59.9 cm³/mol. The van der Waals surface area contributed by atoms with Crippen LogP contribution in [-0.2, 0) is 0 Å². The van der Waals surface area contributed by atoms with Gasteiger partial charge in [0.1, 0.15) is 11.6 Å². The van der Waals surface area contributed by atoms with Crippen LogP contribution in [0.4, 0.5) is 0 Å². The maximum absolute atomic E-state index is 11.2. The van der Waals surface area contributed by atoms with Crippen molar-refractivity contribution in [1.29, 1.82) is 0 Å². The maximum Gasteiger partial charge on any atom is 0.222 e. The molecule has 0 radical (unpaired) electrons. The second kappa shape index (κ2) is 3.63. The molecule has 0 fully saturated rings. The Balaban J connectivity index is 2.25. The average molecular weight is 218 g/mol. The standard InChI is InChI=1S/C12H14N2O2/c1-12(2)11(15)13-14(12)8-9-4-6-10(16-3)7-5-9/h4-8H,1-3H3/b14-8-. The van der Waals surface area contributed by atoms with Crippen molar-refractivity contribution >= 4 is 12.1 Å². The number of rotatable bonds is 2. The number of ether oxygens (including phenoxy) is 1. The molecule has 0 spiro atoms. The van der Waals surface area contributed by atoms with Crippen LogP contribution in [0.15, 0.2) is 29.4 Å². The molecule has 0 unspecified atom stereocenters. The van der Waals surface area contributed by atoms with E-state index in [0.717, 1.165) is 11.3 Å². The number of hydrazone groups is 1. The Morgan fingerprint density at radius 3 is 2.38 bits per heavy atom. The summed E-state index contributed by atoms with van der Waals surface area (Å²) >= 11 is 0. The van der Waals surface area contributed by atoms with Crippen molar-refractivity contribution in [1.82, 2.24) is 0 Å². The van der Waals surface area contributed by atoms with Gasteiger partial charge in [0.2, 0.25) is 11.8 Å². The molecule has 16 heavy (non-hydrogen) atoms. The van der Waals surface area contributed by atoms with Gasteiger partial charge in [-0.15, -0.1) is 0 Å². The summed E-state index contributed by atoms with van der Waals surface area (Å²) in [6, 6.07) is 7.60. The molecular weight excluding hydrogens is 204 g/mol. The summed E-state index contributed by atoms with van der Waals surface area (Å²) in [4.78, 5) is 0. The first-order valence-electron chi connectivity index (χ1n) is 5.08. The molecule has 0 saturated heterocycles. The van der Waals surface area contributed by atoms with Gasteiger partial charge in [0.05, 0.1) is 7.11 Å². The van der Waals surface area contributed by atoms with E-state index in [1.54, 1.807) is 11.8 Å². The summed E-state index contributed by atoms with van der Waals surface area (Å²) in [5, 5.41) is 15.0. The minimum atomic E-state index is -0.514. The monoisotopic (exact) mass is 218 g/mol. The molecule has 1 aromatic rings. The highest BCUT2D eigenvalue weighted by Crippen LogP contribution is 2.19. The molecule has 0 saturated carbocycles. The zero-order chi connectivity index (χ0) is 11.8. The molecule has 1 heterocycles. The van der Waals surface area contributed by atoms with E-state index in [2.05, 4.69) is 5.10 Å². The Bertz CT molecular complexity index is 458. The number of hydrogen-bond donors (Lipinski definition) is 0. The normalized spacial score (nSPS) is 20.2. The smallest absolute Gasteiger partial charge is 0.222 e. The van der Waals surface area contributed by atoms with Crippen LogP contribution in [0.2, 0.25) is 0 Å². The number of hydrogen-bond acceptors (Lipinski definition) is 3. The summed E-state index contributed by atoms with van der Waals surface area (Å²) in [5.74, 6) is 0.727. The molecular formula is C12H14N2O2. The molecule has 2 rings (SSSR count). The summed E-state index contributed by atoms with van der Waals surface area (Å²) in [5.41, 5.74) is 0.477. The number of methoxy groups -OCH3 is 1. The lowest BCUT2D eigenvalue weighted by Gasteiger charge is -2.30. The van der Waals surface area contributed by atoms with E-state index in [1.807, 2.05) is 44.3 Å². The third-order valence-corrected chi connectivity index (χ3v) is 2.68. The fraction of sp³-hybridized carbons (Fsp3) is 0.333. The highest BCUT2D eigenvalue weighted by molar-refractivity contribution is 5.85. The first-order valence-corrected chi connectivity index (χ1v) is 5.08. The molecule has 4 heteroatoms. The molecule has 1 aromatic carbocycles. The molecule has 0 N–H and O–H groups in total. The van der Waals surface area contributed by atoms with Crippen molar-refractivity contribution in [3.8, 4) is 5.75 Å². The Kier molecular flexibility index (Phi) is 2.42. The fourth-order valence-corrected chi connectivity index (χ4v) is 1.42.